The maximum Gasteiger partial charge on any atom is 0.217 e. The predicted octanol–water partition coefficient (Wildman–Crippen LogP) is 0.217. The van der Waals surface area contributed by atoms with Gasteiger partial charge in [0.25, 0.3) is 0 Å². The van der Waals surface area contributed by atoms with Crippen molar-refractivity contribution in [2.75, 3.05) is 6.61 Å². The third kappa shape index (κ3) is 3.34. The molecular weight excluding hydrogens is 194 g/mol. The summed E-state index contributed by atoms with van der Waals surface area (Å²) < 4.78 is 0. The van der Waals surface area contributed by atoms with E-state index in [2.05, 4.69) is 5.32 Å². The van der Waals surface area contributed by atoms with Gasteiger partial charge in [-0.05, 0) is 5.56 Å². The minimum atomic E-state index is -0.990. The van der Waals surface area contributed by atoms with E-state index in [0.717, 1.165) is 5.56 Å². The molecule has 1 rings (SSSR count). The number of hydrogen-bond acceptors (Lipinski definition) is 3. The van der Waals surface area contributed by atoms with Crippen LogP contribution in [0.2, 0.25) is 0 Å². The summed E-state index contributed by atoms with van der Waals surface area (Å²) in [4.78, 5) is 10.9. The maximum atomic E-state index is 10.9. The molecule has 0 aromatic heterocycles. The molecule has 4 heteroatoms. The summed E-state index contributed by atoms with van der Waals surface area (Å²) in [5.74, 6) is -0.239. The largest absolute Gasteiger partial charge is 0.394 e. The van der Waals surface area contributed by atoms with E-state index in [-0.39, 0.29) is 12.5 Å². The van der Waals surface area contributed by atoms with Crippen LogP contribution in [0.15, 0.2) is 30.3 Å². The van der Waals surface area contributed by atoms with Crippen LogP contribution in [0.25, 0.3) is 0 Å². The SMILES string of the molecule is CC(=O)NC(c1ccccc1)C(O)CO. The van der Waals surface area contributed by atoms with Gasteiger partial charge in [0.1, 0.15) is 6.10 Å². The van der Waals surface area contributed by atoms with E-state index < -0.39 is 12.1 Å². The van der Waals surface area contributed by atoms with E-state index in [0.29, 0.717) is 0 Å². The Morgan fingerprint density at radius 3 is 2.47 bits per heavy atom. The Balaban J connectivity index is 2.86. The molecule has 1 aromatic rings. The van der Waals surface area contributed by atoms with Crippen LogP contribution in [0.5, 0.6) is 0 Å². The summed E-state index contributed by atoms with van der Waals surface area (Å²) in [6.45, 7) is 0.986. The van der Waals surface area contributed by atoms with Crippen molar-refractivity contribution in [2.24, 2.45) is 0 Å². The Morgan fingerprint density at radius 2 is 2.00 bits per heavy atom. The summed E-state index contributed by atoms with van der Waals surface area (Å²) in [6.07, 6.45) is -0.990. The standard InChI is InChI=1S/C11H15NO3/c1-8(14)12-11(10(15)7-13)9-5-3-2-4-6-9/h2-6,10-11,13,15H,7H2,1H3,(H,12,14). The fourth-order valence-electron chi connectivity index (χ4n) is 1.39. The van der Waals surface area contributed by atoms with Crippen molar-refractivity contribution < 1.29 is 15.0 Å². The quantitative estimate of drug-likeness (QED) is 0.664. The van der Waals surface area contributed by atoms with Crippen LogP contribution in [0.1, 0.15) is 18.5 Å². The van der Waals surface area contributed by atoms with Gasteiger partial charge in [-0.25, -0.2) is 0 Å². The normalized spacial score (nSPS) is 14.3. The van der Waals surface area contributed by atoms with Crippen molar-refractivity contribution in [2.45, 2.75) is 19.1 Å². The molecule has 0 aliphatic carbocycles. The molecule has 4 nitrogen and oxygen atoms in total. The minimum absolute atomic E-state index is 0.239. The number of aliphatic hydroxyl groups is 2. The van der Waals surface area contributed by atoms with Gasteiger partial charge in [0, 0.05) is 6.92 Å². The van der Waals surface area contributed by atoms with Crippen LogP contribution in [0.3, 0.4) is 0 Å². The molecule has 0 bridgehead atoms. The molecule has 2 atom stereocenters. The average molecular weight is 209 g/mol. The lowest BCUT2D eigenvalue weighted by atomic mass is 10.0. The second kappa shape index (κ2) is 5.48. The number of rotatable bonds is 4. The van der Waals surface area contributed by atoms with Gasteiger partial charge in [-0.2, -0.15) is 0 Å². The molecule has 0 radical (unpaired) electrons. The van der Waals surface area contributed by atoms with E-state index in [1.165, 1.54) is 6.92 Å². The lowest BCUT2D eigenvalue weighted by Gasteiger charge is -2.22. The number of carbonyl (C=O) groups excluding carboxylic acids is 1. The molecule has 0 saturated heterocycles. The smallest absolute Gasteiger partial charge is 0.217 e. The third-order valence-electron chi connectivity index (χ3n) is 2.09. The van der Waals surface area contributed by atoms with Gasteiger partial charge >= 0.3 is 0 Å². The maximum absolute atomic E-state index is 10.9. The van der Waals surface area contributed by atoms with Gasteiger partial charge in [0.05, 0.1) is 12.6 Å². The van der Waals surface area contributed by atoms with Crippen molar-refractivity contribution in [1.29, 1.82) is 0 Å². The lowest BCUT2D eigenvalue weighted by molar-refractivity contribution is -0.120. The number of nitrogens with one attached hydrogen (secondary N) is 1. The molecule has 15 heavy (non-hydrogen) atoms. The number of carbonyl (C=O) groups is 1. The molecule has 82 valence electrons. The van der Waals surface area contributed by atoms with E-state index in [9.17, 15) is 9.90 Å². The highest BCUT2D eigenvalue weighted by Gasteiger charge is 2.20. The molecule has 0 saturated carbocycles. The molecule has 2 unspecified atom stereocenters. The Bertz CT molecular complexity index is 313. The van der Waals surface area contributed by atoms with Crippen molar-refractivity contribution in [3.8, 4) is 0 Å². The van der Waals surface area contributed by atoms with Crippen LogP contribution in [0.4, 0.5) is 0 Å². The van der Waals surface area contributed by atoms with Crippen LogP contribution in [-0.2, 0) is 4.79 Å². The predicted molar refractivity (Wildman–Crippen MR) is 56.1 cm³/mol. The fraction of sp³-hybridized carbons (Fsp3) is 0.364. The van der Waals surface area contributed by atoms with E-state index in [1.807, 2.05) is 18.2 Å². The van der Waals surface area contributed by atoms with Gasteiger partial charge in [-0.3, -0.25) is 4.79 Å². The van der Waals surface area contributed by atoms with E-state index in [1.54, 1.807) is 12.1 Å². The number of aliphatic hydroxyl groups excluding tert-OH is 2. The van der Waals surface area contributed by atoms with Gasteiger partial charge in [0.15, 0.2) is 0 Å². The molecule has 0 aliphatic heterocycles. The first-order valence-electron chi connectivity index (χ1n) is 4.76. The topological polar surface area (TPSA) is 69.6 Å². The van der Waals surface area contributed by atoms with Crippen molar-refractivity contribution >= 4 is 5.91 Å². The van der Waals surface area contributed by atoms with Crippen LogP contribution >= 0.6 is 0 Å². The van der Waals surface area contributed by atoms with Gasteiger partial charge in [-0.15, -0.1) is 0 Å². The molecular formula is C11H15NO3. The minimum Gasteiger partial charge on any atom is -0.394 e. The highest BCUT2D eigenvalue weighted by Crippen LogP contribution is 2.16. The molecule has 1 aromatic carbocycles. The summed E-state index contributed by atoms with van der Waals surface area (Å²) in [5, 5.41) is 21.0. The van der Waals surface area contributed by atoms with Crippen LogP contribution in [-0.4, -0.2) is 28.8 Å². The van der Waals surface area contributed by atoms with Crippen LogP contribution in [0, 0.1) is 0 Å². The van der Waals surface area contributed by atoms with Crippen LogP contribution < -0.4 is 5.32 Å². The van der Waals surface area contributed by atoms with Gasteiger partial charge in [0.2, 0.25) is 5.91 Å². The Morgan fingerprint density at radius 1 is 1.40 bits per heavy atom. The molecule has 1 amide bonds. The molecule has 0 spiro atoms. The lowest BCUT2D eigenvalue weighted by Crippen LogP contribution is -2.36. The van der Waals surface area contributed by atoms with E-state index in [4.69, 9.17) is 5.11 Å². The highest BCUT2D eigenvalue weighted by molar-refractivity contribution is 5.73. The highest BCUT2D eigenvalue weighted by atomic mass is 16.3. The van der Waals surface area contributed by atoms with E-state index >= 15 is 0 Å². The first-order valence-corrected chi connectivity index (χ1v) is 4.76. The van der Waals surface area contributed by atoms with Gasteiger partial charge in [-0.1, -0.05) is 30.3 Å². The first-order chi connectivity index (χ1) is 7.15. The molecule has 0 aliphatic rings. The number of hydrogen-bond donors (Lipinski definition) is 3. The summed E-state index contributed by atoms with van der Waals surface area (Å²) >= 11 is 0. The summed E-state index contributed by atoms with van der Waals surface area (Å²) in [7, 11) is 0. The summed E-state index contributed by atoms with van der Waals surface area (Å²) in [6, 6.07) is 8.50. The molecule has 0 heterocycles. The zero-order valence-electron chi connectivity index (χ0n) is 8.55. The zero-order chi connectivity index (χ0) is 11.3. The van der Waals surface area contributed by atoms with Crippen molar-refractivity contribution in [1.82, 2.24) is 5.32 Å². The zero-order valence-corrected chi connectivity index (χ0v) is 8.55. The van der Waals surface area contributed by atoms with Gasteiger partial charge < -0.3 is 15.5 Å². The number of benzene rings is 1. The Hall–Kier alpha value is -1.39. The fourth-order valence-corrected chi connectivity index (χ4v) is 1.39. The van der Waals surface area contributed by atoms with Crippen molar-refractivity contribution in [3.05, 3.63) is 35.9 Å². The summed E-state index contributed by atoms with van der Waals surface area (Å²) in [5.41, 5.74) is 0.772. The number of amides is 1. The Kier molecular flexibility index (Phi) is 4.27. The Labute approximate surface area is 88.6 Å². The molecule has 0 fully saturated rings. The average Bonchev–Trinajstić information content (AvgIpc) is 2.26. The first kappa shape index (κ1) is 11.7. The van der Waals surface area contributed by atoms with Crippen molar-refractivity contribution in [3.63, 3.8) is 0 Å². The molecule has 3 N–H and O–H groups in total. The second-order valence-corrected chi connectivity index (χ2v) is 3.34. The monoisotopic (exact) mass is 209 g/mol. The third-order valence-corrected chi connectivity index (χ3v) is 2.09. The second-order valence-electron chi connectivity index (χ2n) is 3.34.